The van der Waals surface area contributed by atoms with E-state index in [0.29, 0.717) is 10.1 Å². The van der Waals surface area contributed by atoms with E-state index in [1.54, 1.807) is 12.1 Å². The van der Waals surface area contributed by atoms with Gasteiger partial charge in [0.25, 0.3) is 0 Å². The van der Waals surface area contributed by atoms with Crippen LogP contribution in [0.1, 0.15) is 18.3 Å². The first-order valence-electron chi connectivity index (χ1n) is 5.70. The minimum Gasteiger partial charge on any atom is -0.381 e. The topological polar surface area (TPSA) is 37.5 Å². The SMILES string of the molecule is C[C@@H](O)C#Cc1nc2c(Br)cccn2c1CC(F)(F)F. The fourth-order valence-corrected chi connectivity index (χ4v) is 2.15. The molecule has 2 aromatic rings. The van der Waals surface area contributed by atoms with E-state index in [9.17, 15) is 13.2 Å². The number of pyridine rings is 1. The third kappa shape index (κ3) is 3.32. The molecule has 2 heterocycles. The van der Waals surface area contributed by atoms with Crippen LogP contribution in [0.15, 0.2) is 22.8 Å². The maximum Gasteiger partial charge on any atom is 0.394 e. The molecule has 0 spiro atoms. The van der Waals surface area contributed by atoms with Gasteiger partial charge in [-0.15, -0.1) is 0 Å². The fourth-order valence-electron chi connectivity index (χ4n) is 1.72. The molecule has 0 saturated heterocycles. The zero-order valence-corrected chi connectivity index (χ0v) is 12.0. The van der Waals surface area contributed by atoms with Crippen LogP contribution in [0.3, 0.4) is 0 Å². The van der Waals surface area contributed by atoms with Crippen molar-refractivity contribution in [3.8, 4) is 11.8 Å². The first-order chi connectivity index (χ1) is 9.28. The van der Waals surface area contributed by atoms with Gasteiger partial charge in [0.05, 0.1) is 16.6 Å². The third-order valence-electron chi connectivity index (χ3n) is 2.47. The maximum atomic E-state index is 12.7. The van der Waals surface area contributed by atoms with Crippen LogP contribution in [-0.4, -0.2) is 26.8 Å². The molecule has 0 fully saturated rings. The second-order valence-electron chi connectivity index (χ2n) is 4.19. The maximum absolute atomic E-state index is 12.7. The number of halogens is 4. The number of fused-ring (bicyclic) bond motifs is 1. The molecule has 7 heteroatoms. The van der Waals surface area contributed by atoms with Gasteiger partial charge in [-0.2, -0.15) is 13.2 Å². The number of alkyl halides is 3. The third-order valence-corrected chi connectivity index (χ3v) is 3.09. The predicted octanol–water partition coefficient (Wildman–Crippen LogP) is 2.93. The molecule has 1 atom stereocenters. The Hall–Kier alpha value is -1.52. The normalized spacial score (nSPS) is 13.1. The molecular weight excluding hydrogens is 337 g/mol. The highest BCUT2D eigenvalue weighted by Gasteiger charge is 2.31. The average Bonchev–Trinajstić information content (AvgIpc) is 2.65. The van der Waals surface area contributed by atoms with Crippen LogP contribution in [0.5, 0.6) is 0 Å². The van der Waals surface area contributed by atoms with Crippen molar-refractivity contribution in [2.45, 2.75) is 25.6 Å². The van der Waals surface area contributed by atoms with E-state index >= 15 is 0 Å². The van der Waals surface area contributed by atoms with Crippen molar-refractivity contribution in [3.05, 3.63) is 34.2 Å². The van der Waals surface area contributed by atoms with E-state index in [4.69, 9.17) is 5.11 Å². The summed E-state index contributed by atoms with van der Waals surface area (Å²) >= 11 is 3.24. The summed E-state index contributed by atoms with van der Waals surface area (Å²) in [5, 5.41) is 9.13. The van der Waals surface area contributed by atoms with E-state index in [2.05, 4.69) is 32.8 Å². The lowest BCUT2D eigenvalue weighted by Gasteiger charge is -2.06. The quantitative estimate of drug-likeness (QED) is 0.806. The summed E-state index contributed by atoms with van der Waals surface area (Å²) in [6.45, 7) is 1.43. The molecule has 0 unspecified atom stereocenters. The molecular formula is C13H10BrF3N2O. The van der Waals surface area contributed by atoms with Crippen LogP contribution in [0.25, 0.3) is 5.65 Å². The van der Waals surface area contributed by atoms with Gasteiger partial charge in [-0.1, -0.05) is 5.92 Å². The number of imidazole rings is 1. The van der Waals surface area contributed by atoms with Gasteiger partial charge >= 0.3 is 6.18 Å². The molecule has 0 aromatic carbocycles. The Labute approximate surface area is 121 Å². The molecule has 0 radical (unpaired) electrons. The van der Waals surface area contributed by atoms with Crippen LogP contribution >= 0.6 is 15.9 Å². The molecule has 1 N–H and O–H groups in total. The van der Waals surface area contributed by atoms with E-state index < -0.39 is 18.7 Å². The summed E-state index contributed by atoms with van der Waals surface area (Å²) in [5.74, 6) is 4.91. The highest BCUT2D eigenvalue weighted by Crippen LogP contribution is 2.26. The molecule has 3 nitrogen and oxygen atoms in total. The Morgan fingerprint density at radius 3 is 2.80 bits per heavy atom. The average molecular weight is 347 g/mol. The van der Waals surface area contributed by atoms with Crippen LogP contribution in [0.2, 0.25) is 0 Å². The second kappa shape index (κ2) is 5.46. The highest BCUT2D eigenvalue weighted by molar-refractivity contribution is 9.10. The minimum atomic E-state index is -4.36. The van der Waals surface area contributed by atoms with Crippen molar-refractivity contribution in [1.29, 1.82) is 0 Å². The number of aliphatic hydroxyl groups is 1. The van der Waals surface area contributed by atoms with E-state index in [1.807, 2.05) is 0 Å². The monoisotopic (exact) mass is 346 g/mol. The largest absolute Gasteiger partial charge is 0.394 e. The molecule has 0 aliphatic carbocycles. The fraction of sp³-hybridized carbons (Fsp3) is 0.308. The smallest absolute Gasteiger partial charge is 0.381 e. The summed E-state index contributed by atoms with van der Waals surface area (Å²) in [7, 11) is 0. The zero-order chi connectivity index (χ0) is 14.9. The molecule has 0 bridgehead atoms. The molecule has 106 valence electrons. The van der Waals surface area contributed by atoms with Crippen molar-refractivity contribution >= 4 is 21.6 Å². The number of aliphatic hydroxyl groups excluding tert-OH is 1. The summed E-state index contributed by atoms with van der Waals surface area (Å²) in [4.78, 5) is 4.10. The van der Waals surface area contributed by atoms with Crippen LogP contribution in [0, 0.1) is 11.8 Å². The van der Waals surface area contributed by atoms with Crippen molar-refractivity contribution in [2.75, 3.05) is 0 Å². The van der Waals surface area contributed by atoms with Crippen LogP contribution < -0.4 is 0 Å². The standard InChI is InChI=1S/C13H10BrF3N2O/c1-8(20)4-5-10-11(7-13(15,16)17)19-6-2-3-9(14)12(19)18-10/h2-3,6,8,20H,7H2,1H3/t8-/m1/s1. The number of rotatable bonds is 1. The minimum absolute atomic E-state index is 0.0233. The van der Waals surface area contributed by atoms with Crippen molar-refractivity contribution < 1.29 is 18.3 Å². The summed E-state index contributed by atoms with van der Waals surface area (Å²) in [6, 6.07) is 3.30. The number of aromatic nitrogens is 2. The number of nitrogens with zero attached hydrogens (tertiary/aromatic N) is 2. The Bertz CT molecular complexity index is 695. The lowest BCUT2D eigenvalue weighted by Crippen LogP contribution is -2.14. The molecule has 0 aliphatic heterocycles. The van der Waals surface area contributed by atoms with E-state index in [1.165, 1.54) is 17.5 Å². The Morgan fingerprint density at radius 2 is 2.20 bits per heavy atom. The van der Waals surface area contributed by atoms with E-state index in [-0.39, 0.29) is 11.4 Å². The first kappa shape index (κ1) is 14.9. The van der Waals surface area contributed by atoms with Crippen molar-refractivity contribution in [3.63, 3.8) is 0 Å². The number of hydrogen-bond acceptors (Lipinski definition) is 2. The van der Waals surface area contributed by atoms with Gasteiger partial charge in [0, 0.05) is 6.20 Å². The van der Waals surface area contributed by atoms with Crippen molar-refractivity contribution in [1.82, 2.24) is 9.38 Å². The molecule has 2 rings (SSSR count). The van der Waals surface area contributed by atoms with Crippen LogP contribution in [0.4, 0.5) is 13.2 Å². The van der Waals surface area contributed by atoms with Crippen molar-refractivity contribution in [2.24, 2.45) is 0 Å². The Morgan fingerprint density at radius 1 is 1.50 bits per heavy atom. The molecule has 2 aromatic heterocycles. The summed E-state index contributed by atoms with van der Waals surface area (Å²) in [6.07, 6.45) is -4.92. The van der Waals surface area contributed by atoms with Gasteiger partial charge in [0.1, 0.15) is 11.8 Å². The first-order valence-corrected chi connectivity index (χ1v) is 6.49. The lowest BCUT2D eigenvalue weighted by atomic mass is 10.2. The predicted molar refractivity (Wildman–Crippen MR) is 71.2 cm³/mol. The Kier molecular flexibility index (Phi) is 4.06. The van der Waals surface area contributed by atoms with Gasteiger partial charge < -0.3 is 9.51 Å². The summed E-state index contributed by atoms with van der Waals surface area (Å²) < 4.78 is 40.0. The molecule has 0 saturated carbocycles. The van der Waals surface area contributed by atoms with Crippen LogP contribution in [-0.2, 0) is 6.42 Å². The molecule has 0 aliphatic rings. The molecule has 0 amide bonds. The second-order valence-corrected chi connectivity index (χ2v) is 5.05. The lowest BCUT2D eigenvalue weighted by molar-refractivity contribution is -0.128. The highest BCUT2D eigenvalue weighted by atomic mass is 79.9. The van der Waals surface area contributed by atoms with Gasteiger partial charge in [-0.25, -0.2) is 4.98 Å². The van der Waals surface area contributed by atoms with E-state index in [0.717, 1.165) is 0 Å². The Balaban J connectivity index is 2.64. The van der Waals surface area contributed by atoms with Gasteiger partial charge in [0.15, 0.2) is 5.65 Å². The zero-order valence-electron chi connectivity index (χ0n) is 10.4. The van der Waals surface area contributed by atoms with Gasteiger partial charge in [-0.05, 0) is 40.9 Å². The molecule has 20 heavy (non-hydrogen) atoms. The summed E-state index contributed by atoms with van der Waals surface area (Å²) in [5.41, 5.74) is 0.346. The van der Waals surface area contributed by atoms with Gasteiger partial charge in [0.2, 0.25) is 0 Å². The number of hydrogen-bond donors (Lipinski definition) is 1. The van der Waals surface area contributed by atoms with Gasteiger partial charge in [-0.3, -0.25) is 0 Å².